The first-order valence-corrected chi connectivity index (χ1v) is 10.1. The lowest BCUT2D eigenvalue weighted by Gasteiger charge is -2.21. The maximum Gasteiger partial charge on any atom is 0.317 e. The molecule has 0 aliphatic carbocycles. The standard InChI is InChI=1S/C21H31N3O3/c1-16(2)14-22-21(26)24-11-12-27-19-7-5-17(13-18(19)15-24)6-8-20(25)23-9-3-4-10-23/h5,7,13,16H,3-4,6,8-12,14-15H2,1-2H3,(H,22,26). The average molecular weight is 373 g/mol. The number of carbonyl (C=O) groups is 2. The van der Waals surface area contributed by atoms with Gasteiger partial charge in [-0.05, 0) is 36.8 Å². The van der Waals surface area contributed by atoms with Gasteiger partial charge in [0.1, 0.15) is 12.4 Å². The number of likely N-dealkylation sites (tertiary alicyclic amines) is 1. The summed E-state index contributed by atoms with van der Waals surface area (Å²) >= 11 is 0. The Morgan fingerprint density at radius 2 is 1.93 bits per heavy atom. The fourth-order valence-electron chi connectivity index (χ4n) is 3.56. The Hall–Kier alpha value is -2.24. The van der Waals surface area contributed by atoms with Crippen molar-refractivity contribution in [1.29, 1.82) is 0 Å². The maximum atomic E-state index is 12.4. The number of amides is 3. The molecule has 0 radical (unpaired) electrons. The van der Waals surface area contributed by atoms with Crippen molar-refractivity contribution in [3.8, 4) is 5.75 Å². The number of urea groups is 1. The van der Waals surface area contributed by atoms with Crippen molar-refractivity contribution in [3.63, 3.8) is 0 Å². The van der Waals surface area contributed by atoms with Crippen LogP contribution >= 0.6 is 0 Å². The quantitative estimate of drug-likeness (QED) is 0.863. The second kappa shape index (κ2) is 9.11. The van der Waals surface area contributed by atoms with Crippen molar-refractivity contribution in [1.82, 2.24) is 15.1 Å². The minimum absolute atomic E-state index is 0.0465. The highest BCUT2D eigenvalue weighted by molar-refractivity contribution is 5.76. The number of fused-ring (bicyclic) bond motifs is 1. The minimum atomic E-state index is -0.0465. The van der Waals surface area contributed by atoms with Crippen LogP contribution in [0.1, 0.15) is 44.2 Å². The topological polar surface area (TPSA) is 61.9 Å². The molecule has 0 aromatic heterocycles. The molecule has 0 atom stereocenters. The third-order valence-electron chi connectivity index (χ3n) is 5.14. The molecular weight excluding hydrogens is 342 g/mol. The summed E-state index contributed by atoms with van der Waals surface area (Å²) in [5, 5.41) is 2.98. The molecule has 1 fully saturated rings. The zero-order chi connectivity index (χ0) is 19.2. The molecule has 2 heterocycles. The van der Waals surface area contributed by atoms with Crippen molar-refractivity contribution in [2.75, 3.05) is 32.8 Å². The van der Waals surface area contributed by atoms with Gasteiger partial charge in [-0.1, -0.05) is 26.0 Å². The van der Waals surface area contributed by atoms with Gasteiger partial charge < -0.3 is 19.9 Å². The molecule has 2 aliphatic rings. The van der Waals surface area contributed by atoms with Gasteiger partial charge in [-0.25, -0.2) is 4.79 Å². The molecule has 6 nitrogen and oxygen atoms in total. The summed E-state index contributed by atoms with van der Waals surface area (Å²) in [6, 6.07) is 6.04. The maximum absolute atomic E-state index is 12.4. The van der Waals surface area contributed by atoms with Crippen LogP contribution in [0.2, 0.25) is 0 Å². The van der Waals surface area contributed by atoms with Crippen LogP contribution in [0, 0.1) is 5.92 Å². The summed E-state index contributed by atoms with van der Waals surface area (Å²) < 4.78 is 5.82. The van der Waals surface area contributed by atoms with E-state index in [9.17, 15) is 9.59 Å². The molecule has 1 aromatic rings. The molecule has 3 rings (SSSR count). The number of aryl methyl sites for hydroxylation is 1. The molecule has 0 saturated carbocycles. The summed E-state index contributed by atoms with van der Waals surface area (Å²) in [5.74, 6) is 1.50. The van der Waals surface area contributed by atoms with Gasteiger partial charge in [0.2, 0.25) is 5.91 Å². The van der Waals surface area contributed by atoms with E-state index in [0.29, 0.717) is 38.6 Å². The van der Waals surface area contributed by atoms with Gasteiger partial charge in [0, 0.05) is 31.6 Å². The van der Waals surface area contributed by atoms with Gasteiger partial charge in [0.25, 0.3) is 0 Å². The lowest BCUT2D eigenvalue weighted by Crippen LogP contribution is -2.41. The van der Waals surface area contributed by atoms with Crippen LogP contribution in [0.3, 0.4) is 0 Å². The predicted octanol–water partition coefficient (Wildman–Crippen LogP) is 2.80. The Labute approximate surface area is 161 Å². The smallest absolute Gasteiger partial charge is 0.317 e. The third kappa shape index (κ3) is 5.37. The lowest BCUT2D eigenvalue weighted by atomic mass is 10.0. The van der Waals surface area contributed by atoms with E-state index >= 15 is 0 Å². The minimum Gasteiger partial charge on any atom is -0.491 e. The van der Waals surface area contributed by atoms with Crippen LogP contribution in [0.25, 0.3) is 0 Å². The molecule has 6 heteroatoms. The molecule has 1 aromatic carbocycles. The number of hydrogen-bond acceptors (Lipinski definition) is 3. The number of nitrogens with zero attached hydrogens (tertiary/aromatic N) is 2. The second-order valence-electron chi connectivity index (χ2n) is 7.88. The van der Waals surface area contributed by atoms with Crippen LogP contribution in [-0.2, 0) is 17.8 Å². The van der Waals surface area contributed by atoms with Crippen LogP contribution in [-0.4, -0.2) is 54.5 Å². The van der Waals surface area contributed by atoms with Crippen molar-refractivity contribution >= 4 is 11.9 Å². The molecule has 27 heavy (non-hydrogen) atoms. The summed E-state index contributed by atoms with van der Waals surface area (Å²) in [7, 11) is 0. The van der Waals surface area contributed by atoms with Crippen molar-refractivity contribution in [2.24, 2.45) is 5.92 Å². The van der Waals surface area contributed by atoms with E-state index in [0.717, 1.165) is 49.2 Å². The molecule has 0 unspecified atom stereocenters. The molecule has 1 saturated heterocycles. The van der Waals surface area contributed by atoms with Crippen LogP contribution in [0.15, 0.2) is 18.2 Å². The zero-order valence-electron chi connectivity index (χ0n) is 16.5. The Bertz CT molecular complexity index is 669. The SMILES string of the molecule is CC(C)CNC(=O)N1CCOc2ccc(CCC(=O)N3CCCC3)cc2C1. The lowest BCUT2D eigenvalue weighted by molar-refractivity contribution is -0.130. The van der Waals surface area contributed by atoms with Gasteiger partial charge in [-0.3, -0.25) is 4.79 Å². The van der Waals surface area contributed by atoms with Gasteiger partial charge >= 0.3 is 6.03 Å². The molecular formula is C21H31N3O3. The first-order chi connectivity index (χ1) is 13.0. The normalized spacial score (nSPS) is 16.7. The van der Waals surface area contributed by atoms with Crippen LogP contribution in [0.5, 0.6) is 5.75 Å². The number of ether oxygens (including phenoxy) is 1. The molecule has 0 spiro atoms. The highest BCUT2D eigenvalue weighted by Crippen LogP contribution is 2.25. The number of hydrogen-bond donors (Lipinski definition) is 1. The van der Waals surface area contributed by atoms with Crippen LogP contribution in [0.4, 0.5) is 4.79 Å². The summed E-state index contributed by atoms with van der Waals surface area (Å²) in [5.41, 5.74) is 2.13. The second-order valence-corrected chi connectivity index (χ2v) is 7.88. The molecule has 148 valence electrons. The summed E-state index contributed by atoms with van der Waals surface area (Å²) in [4.78, 5) is 28.5. The Balaban J connectivity index is 1.60. The number of benzene rings is 1. The predicted molar refractivity (Wildman–Crippen MR) is 105 cm³/mol. The van der Waals surface area contributed by atoms with E-state index in [2.05, 4.69) is 25.2 Å². The van der Waals surface area contributed by atoms with E-state index < -0.39 is 0 Å². The summed E-state index contributed by atoms with van der Waals surface area (Å²) in [6.07, 6.45) is 3.51. The van der Waals surface area contributed by atoms with Gasteiger partial charge in [-0.15, -0.1) is 0 Å². The number of rotatable bonds is 5. The van der Waals surface area contributed by atoms with Crippen molar-refractivity contribution < 1.29 is 14.3 Å². The number of nitrogens with one attached hydrogen (secondary N) is 1. The van der Waals surface area contributed by atoms with E-state index in [1.165, 1.54) is 0 Å². The molecule has 0 bridgehead atoms. The molecule has 1 N–H and O–H groups in total. The van der Waals surface area contributed by atoms with Gasteiger partial charge in [0.05, 0.1) is 13.1 Å². The fourth-order valence-corrected chi connectivity index (χ4v) is 3.56. The Morgan fingerprint density at radius 3 is 2.67 bits per heavy atom. The number of carbonyl (C=O) groups excluding carboxylic acids is 2. The van der Waals surface area contributed by atoms with E-state index in [1.54, 1.807) is 4.90 Å². The monoisotopic (exact) mass is 373 g/mol. The van der Waals surface area contributed by atoms with E-state index in [1.807, 2.05) is 17.0 Å². The molecule has 2 aliphatic heterocycles. The highest BCUT2D eigenvalue weighted by atomic mass is 16.5. The van der Waals surface area contributed by atoms with Gasteiger partial charge in [0.15, 0.2) is 0 Å². The first-order valence-electron chi connectivity index (χ1n) is 10.1. The van der Waals surface area contributed by atoms with Crippen molar-refractivity contribution in [3.05, 3.63) is 29.3 Å². The van der Waals surface area contributed by atoms with Gasteiger partial charge in [-0.2, -0.15) is 0 Å². The third-order valence-corrected chi connectivity index (χ3v) is 5.14. The molecule has 3 amide bonds. The Morgan fingerprint density at radius 1 is 1.15 bits per heavy atom. The Kier molecular flexibility index (Phi) is 6.58. The highest BCUT2D eigenvalue weighted by Gasteiger charge is 2.21. The fraction of sp³-hybridized carbons (Fsp3) is 0.619. The van der Waals surface area contributed by atoms with Crippen LogP contribution < -0.4 is 10.1 Å². The van der Waals surface area contributed by atoms with Crippen molar-refractivity contribution in [2.45, 2.75) is 46.1 Å². The van der Waals surface area contributed by atoms with E-state index in [4.69, 9.17) is 4.74 Å². The first kappa shape index (κ1) is 19.5. The zero-order valence-corrected chi connectivity index (χ0v) is 16.5. The average Bonchev–Trinajstić information content (AvgIpc) is 3.11. The largest absolute Gasteiger partial charge is 0.491 e. The van der Waals surface area contributed by atoms with E-state index in [-0.39, 0.29) is 11.9 Å². The summed E-state index contributed by atoms with van der Waals surface area (Å²) in [6.45, 7) is 8.23.